The Morgan fingerprint density at radius 3 is 2.62 bits per heavy atom. The highest BCUT2D eigenvalue weighted by molar-refractivity contribution is 5.85. The number of nitrogens with two attached hydrogens (primary N) is 1. The number of rotatable bonds is 5. The molecule has 1 saturated heterocycles. The largest absolute Gasteiger partial charge is 0.358 e. The van der Waals surface area contributed by atoms with Gasteiger partial charge in [0.1, 0.15) is 0 Å². The molecule has 0 aliphatic carbocycles. The van der Waals surface area contributed by atoms with E-state index in [1.54, 1.807) is 6.20 Å². The number of pyridine rings is 1. The molecular formula is C19H26Cl2N4O. The lowest BCUT2D eigenvalue weighted by Gasteiger charge is -2.33. The number of carbonyl (C=O) groups excluding carboxylic acids is 1. The number of aromatic nitrogens is 1. The van der Waals surface area contributed by atoms with Gasteiger partial charge in [-0.05, 0) is 36.6 Å². The van der Waals surface area contributed by atoms with Gasteiger partial charge >= 0.3 is 0 Å². The van der Waals surface area contributed by atoms with Crippen molar-refractivity contribution in [2.24, 2.45) is 5.73 Å². The molecule has 2 aromatic rings. The molecule has 1 fully saturated rings. The molecule has 7 heteroatoms. The Labute approximate surface area is 167 Å². The van der Waals surface area contributed by atoms with E-state index >= 15 is 0 Å². The van der Waals surface area contributed by atoms with E-state index in [0.29, 0.717) is 19.6 Å². The van der Waals surface area contributed by atoms with Gasteiger partial charge in [-0.3, -0.25) is 9.78 Å². The minimum atomic E-state index is 0. The van der Waals surface area contributed by atoms with Crippen LogP contribution in [-0.4, -0.2) is 41.5 Å². The molecule has 0 bridgehead atoms. The van der Waals surface area contributed by atoms with Gasteiger partial charge in [0.2, 0.25) is 5.91 Å². The molecule has 1 aliphatic rings. The lowest BCUT2D eigenvalue weighted by molar-refractivity contribution is -0.130. The minimum Gasteiger partial charge on any atom is -0.358 e. The van der Waals surface area contributed by atoms with Crippen LogP contribution in [0.25, 0.3) is 0 Å². The number of hydrogen-bond donors (Lipinski definition) is 1. The summed E-state index contributed by atoms with van der Waals surface area (Å²) in [7, 11) is 0. The number of piperidine rings is 1. The molecule has 0 radical (unpaired) electrons. The molecule has 5 nitrogen and oxygen atoms in total. The second-order valence-electron chi connectivity index (χ2n) is 6.29. The zero-order valence-electron chi connectivity index (χ0n) is 14.7. The predicted octanol–water partition coefficient (Wildman–Crippen LogP) is 2.88. The van der Waals surface area contributed by atoms with Gasteiger partial charge in [-0.1, -0.05) is 24.3 Å². The van der Waals surface area contributed by atoms with Gasteiger partial charge in [-0.15, -0.1) is 24.8 Å². The van der Waals surface area contributed by atoms with Crippen LogP contribution in [0.3, 0.4) is 0 Å². The summed E-state index contributed by atoms with van der Waals surface area (Å²) in [6.07, 6.45) is 5.59. The van der Waals surface area contributed by atoms with Crippen LogP contribution in [0.5, 0.6) is 0 Å². The number of likely N-dealkylation sites (tertiary alicyclic amines) is 1. The van der Waals surface area contributed by atoms with Crippen LogP contribution >= 0.6 is 24.8 Å². The quantitative estimate of drug-likeness (QED) is 0.843. The number of halogens is 2. The molecule has 1 atom stereocenters. The van der Waals surface area contributed by atoms with Crippen molar-refractivity contribution in [1.82, 2.24) is 9.88 Å². The van der Waals surface area contributed by atoms with Gasteiger partial charge in [-0.25, -0.2) is 0 Å². The van der Waals surface area contributed by atoms with Crippen molar-refractivity contribution in [3.8, 4) is 0 Å². The summed E-state index contributed by atoms with van der Waals surface area (Å²) in [4.78, 5) is 20.9. The maximum absolute atomic E-state index is 12.7. The van der Waals surface area contributed by atoms with Crippen molar-refractivity contribution >= 4 is 36.4 Å². The second-order valence-corrected chi connectivity index (χ2v) is 6.29. The Kier molecular flexibility index (Phi) is 9.41. The van der Waals surface area contributed by atoms with Gasteiger partial charge in [0.15, 0.2) is 0 Å². The van der Waals surface area contributed by atoms with E-state index in [-0.39, 0.29) is 36.8 Å². The van der Waals surface area contributed by atoms with Crippen LogP contribution in [0.2, 0.25) is 0 Å². The molecule has 3 rings (SSSR count). The maximum atomic E-state index is 12.7. The molecule has 1 aromatic carbocycles. The molecule has 1 aliphatic heterocycles. The average Bonchev–Trinajstić information content (AvgIpc) is 2.63. The van der Waals surface area contributed by atoms with E-state index < -0.39 is 0 Å². The number of anilines is 1. The fourth-order valence-electron chi connectivity index (χ4n) is 3.09. The molecule has 0 saturated carbocycles. The van der Waals surface area contributed by atoms with Crippen LogP contribution in [0.4, 0.5) is 5.69 Å². The third-order valence-electron chi connectivity index (χ3n) is 4.35. The fraction of sp³-hybridized carbons (Fsp3) is 0.368. The molecule has 2 heterocycles. The topological polar surface area (TPSA) is 62.5 Å². The zero-order chi connectivity index (χ0) is 16.8. The van der Waals surface area contributed by atoms with Crippen molar-refractivity contribution in [2.75, 3.05) is 24.5 Å². The maximum Gasteiger partial charge on any atom is 0.242 e. The molecule has 1 unspecified atom stereocenters. The van der Waals surface area contributed by atoms with Gasteiger partial charge in [-0.2, -0.15) is 0 Å². The number of carbonyl (C=O) groups is 1. The number of benzene rings is 1. The van der Waals surface area contributed by atoms with E-state index in [9.17, 15) is 4.79 Å². The van der Waals surface area contributed by atoms with Gasteiger partial charge in [0, 0.05) is 43.8 Å². The Balaban J connectivity index is 0.00000169. The molecule has 26 heavy (non-hydrogen) atoms. The fourth-order valence-corrected chi connectivity index (χ4v) is 3.09. The van der Waals surface area contributed by atoms with Crippen molar-refractivity contribution in [3.63, 3.8) is 0 Å². The van der Waals surface area contributed by atoms with Crippen LogP contribution in [0.15, 0.2) is 54.9 Å². The monoisotopic (exact) mass is 396 g/mol. The first-order valence-corrected chi connectivity index (χ1v) is 8.44. The van der Waals surface area contributed by atoms with E-state index in [4.69, 9.17) is 5.73 Å². The summed E-state index contributed by atoms with van der Waals surface area (Å²) in [6, 6.07) is 14.1. The first kappa shape index (κ1) is 22.2. The molecular weight excluding hydrogens is 371 g/mol. The Morgan fingerprint density at radius 1 is 1.19 bits per heavy atom. The summed E-state index contributed by atoms with van der Waals surface area (Å²) in [5, 5.41) is 0. The molecule has 1 aromatic heterocycles. The summed E-state index contributed by atoms with van der Waals surface area (Å²) in [5.41, 5.74) is 8.14. The van der Waals surface area contributed by atoms with Gasteiger partial charge in [0.25, 0.3) is 0 Å². The van der Waals surface area contributed by atoms with Crippen LogP contribution in [0.1, 0.15) is 18.4 Å². The van der Waals surface area contributed by atoms with Crippen LogP contribution < -0.4 is 10.6 Å². The third kappa shape index (κ3) is 6.16. The second kappa shape index (κ2) is 11.0. The summed E-state index contributed by atoms with van der Waals surface area (Å²) >= 11 is 0. The number of hydrogen-bond acceptors (Lipinski definition) is 4. The van der Waals surface area contributed by atoms with E-state index in [1.807, 2.05) is 53.6 Å². The average molecular weight is 397 g/mol. The third-order valence-corrected chi connectivity index (χ3v) is 4.35. The SMILES string of the molecule is Cl.Cl.NC1CCCN(C(=O)CN(Cc2cccnc2)c2ccccc2)C1. The Bertz CT molecular complexity index is 657. The van der Waals surface area contributed by atoms with Crippen molar-refractivity contribution < 1.29 is 4.79 Å². The highest BCUT2D eigenvalue weighted by Gasteiger charge is 2.23. The Morgan fingerprint density at radius 2 is 1.96 bits per heavy atom. The number of para-hydroxylation sites is 1. The molecule has 2 N–H and O–H groups in total. The number of amides is 1. The molecule has 0 spiro atoms. The van der Waals surface area contributed by atoms with Gasteiger partial charge in [0.05, 0.1) is 6.54 Å². The van der Waals surface area contributed by atoms with Crippen molar-refractivity contribution in [2.45, 2.75) is 25.4 Å². The first-order chi connectivity index (χ1) is 11.7. The normalized spacial score (nSPS) is 16.2. The molecule has 1 amide bonds. The predicted molar refractivity (Wildman–Crippen MR) is 110 cm³/mol. The van der Waals surface area contributed by atoms with E-state index in [0.717, 1.165) is 30.6 Å². The lowest BCUT2D eigenvalue weighted by Crippen LogP contribution is -2.49. The van der Waals surface area contributed by atoms with Crippen LogP contribution in [-0.2, 0) is 11.3 Å². The van der Waals surface area contributed by atoms with Crippen LogP contribution in [0, 0.1) is 0 Å². The Hall–Kier alpha value is -1.82. The molecule has 142 valence electrons. The number of nitrogens with zero attached hydrogens (tertiary/aromatic N) is 3. The summed E-state index contributed by atoms with van der Waals surface area (Å²) < 4.78 is 0. The van der Waals surface area contributed by atoms with E-state index in [1.165, 1.54) is 0 Å². The minimum absolute atomic E-state index is 0. The smallest absolute Gasteiger partial charge is 0.242 e. The standard InChI is InChI=1S/C19H24N4O.2ClH/c20-17-7-5-11-22(14-17)19(24)15-23(18-8-2-1-3-9-18)13-16-6-4-10-21-12-16;;/h1-4,6,8-10,12,17H,5,7,11,13-15,20H2;2*1H. The summed E-state index contributed by atoms with van der Waals surface area (Å²) in [6.45, 7) is 2.48. The summed E-state index contributed by atoms with van der Waals surface area (Å²) in [5.74, 6) is 0.137. The van der Waals surface area contributed by atoms with Crippen molar-refractivity contribution in [3.05, 3.63) is 60.4 Å². The zero-order valence-corrected chi connectivity index (χ0v) is 16.3. The van der Waals surface area contributed by atoms with Gasteiger partial charge < -0.3 is 15.5 Å². The highest BCUT2D eigenvalue weighted by Crippen LogP contribution is 2.17. The lowest BCUT2D eigenvalue weighted by atomic mass is 10.1. The van der Waals surface area contributed by atoms with Crippen molar-refractivity contribution in [1.29, 1.82) is 0 Å². The van der Waals surface area contributed by atoms with E-state index in [2.05, 4.69) is 9.88 Å². The highest BCUT2D eigenvalue weighted by atomic mass is 35.5. The first-order valence-electron chi connectivity index (χ1n) is 8.44.